The van der Waals surface area contributed by atoms with Crippen LogP contribution in [0, 0.1) is 13.8 Å². The van der Waals surface area contributed by atoms with E-state index in [2.05, 4.69) is 15.3 Å². The largest absolute Gasteiger partial charge is 0.497 e. The molecule has 0 fully saturated rings. The maximum atomic E-state index is 12.8. The fourth-order valence-electron chi connectivity index (χ4n) is 2.81. The second kappa shape index (κ2) is 6.75. The van der Waals surface area contributed by atoms with Gasteiger partial charge in [0.05, 0.1) is 35.1 Å². The third-order valence-corrected chi connectivity index (χ3v) is 4.58. The number of aromatic nitrogens is 2. The topological polar surface area (TPSA) is 64.1 Å². The van der Waals surface area contributed by atoms with E-state index < -0.39 is 5.54 Å². The van der Waals surface area contributed by atoms with Gasteiger partial charge in [0.1, 0.15) is 5.75 Å². The molecule has 1 N–H and O–H groups in total. The molecule has 1 heterocycles. The lowest BCUT2D eigenvalue weighted by molar-refractivity contribution is 0.0912. The molecule has 3 rings (SSSR count). The van der Waals surface area contributed by atoms with Crippen molar-refractivity contribution in [1.82, 2.24) is 15.3 Å². The molecule has 0 aliphatic carbocycles. The summed E-state index contributed by atoms with van der Waals surface area (Å²) in [4.78, 5) is 21.8. The Morgan fingerprint density at radius 1 is 0.962 bits per heavy atom. The first-order valence-electron chi connectivity index (χ1n) is 8.52. The Labute approximate surface area is 153 Å². The van der Waals surface area contributed by atoms with Crippen molar-refractivity contribution >= 4 is 16.9 Å². The van der Waals surface area contributed by atoms with E-state index in [1.54, 1.807) is 19.2 Å². The van der Waals surface area contributed by atoms with Crippen LogP contribution < -0.4 is 10.1 Å². The first-order valence-corrected chi connectivity index (χ1v) is 8.52. The van der Waals surface area contributed by atoms with Gasteiger partial charge in [-0.25, -0.2) is 9.97 Å². The van der Waals surface area contributed by atoms with Crippen molar-refractivity contribution in [3.8, 4) is 5.75 Å². The lowest BCUT2D eigenvalue weighted by atomic mass is 9.93. The Hall–Kier alpha value is -2.95. The number of amides is 1. The fraction of sp³-hybridized carbons (Fsp3) is 0.286. The second-order valence-electron chi connectivity index (χ2n) is 6.91. The minimum Gasteiger partial charge on any atom is -0.497 e. The molecule has 5 heteroatoms. The Kier molecular flexibility index (Phi) is 4.64. The van der Waals surface area contributed by atoms with E-state index in [0.29, 0.717) is 5.56 Å². The summed E-state index contributed by atoms with van der Waals surface area (Å²) >= 11 is 0. The number of aryl methyl sites for hydroxylation is 2. The third-order valence-electron chi connectivity index (χ3n) is 4.58. The van der Waals surface area contributed by atoms with Gasteiger partial charge in [0.2, 0.25) is 0 Å². The van der Waals surface area contributed by atoms with E-state index in [1.807, 2.05) is 58.0 Å². The van der Waals surface area contributed by atoms with Crippen LogP contribution in [0.15, 0.2) is 42.5 Å². The smallest absolute Gasteiger partial charge is 0.252 e. The van der Waals surface area contributed by atoms with Crippen LogP contribution in [-0.2, 0) is 5.54 Å². The number of fused-ring (bicyclic) bond motifs is 1. The molecular formula is C21H23N3O2. The second-order valence-corrected chi connectivity index (χ2v) is 6.91. The van der Waals surface area contributed by atoms with Crippen LogP contribution in [-0.4, -0.2) is 23.0 Å². The van der Waals surface area contributed by atoms with Crippen molar-refractivity contribution in [1.29, 1.82) is 0 Å². The van der Waals surface area contributed by atoms with Crippen LogP contribution in [0.25, 0.3) is 11.0 Å². The molecule has 2 aromatic carbocycles. The average Bonchev–Trinajstić information content (AvgIpc) is 2.62. The number of methoxy groups -OCH3 is 1. The van der Waals surface area contributed by atoms with Gasteiger partial charge in [-0.05, 0) is 63.6 Å². The molecule has 0 aliphatic rings. The number of carbonyl (C=O) groups is 1. The molecule has 0 radical (unpaired) electrons. The summed E-state index contributed by atoms with van der Waals surface area (Å²) in [7, 11) is 1.63. The molecule has 1 amide bonds. The van der Waals surface area contributed by atoms with Crippen LogP contribution in [0.3, 0.4) is 0 Å². The van der Waals surface area contributed by atoms with Crippen molar-refractivity contribution in [3.63, 3.8) is 0 Å². The van der Waals surface area contributed by atoms with E-state index in [1.165, 1.54) is 0 Å². The first-order chi connectivity index (χ1) is 12.3. The molecule has 0 saturated heterocycles. The highest BCUT2D eigenvalue weighted by Gasteiger charge is 2.23. The van der Waals surface area contributed by atoms with Gasteiger partial charge in [-0.15, -0.1) is 0 Å². The summed E-state index contributed by atoms with van der Waals surface area (Å²) in [5, 5.41) is 3.09. The highest BCUT2D eigenvalue weighted by Crippen LogP contribution is 2.23. The maximum absolute atomic E-state index is 12.8. The van der Waals surface area contributed by atoms with E-state index in [4.69, 9.17) is 4.74 Å². The van der Waals surface area contributed by atoms with Crippen molar-refractivity contribution < 1.29 is 9.53 Å². The molecule has 0 aliphatic heterocycles. The van der Waals surface area contributed by atoms with Gasteiger partial charge >= 0.3 is 0 Å². The first kappa shape index (κ1) is 17.9. The van der Waals surface area contributed by atoms with Crippen molar-refractivity contribution in [2.24, 2.45) is 0 Å². The van der Waals surface area contributed by atoms with Crippen molar-refractivity contribution in [3.05, 3.63) is 65.0 Å². The van der Waals surface area contributed by atoms with Gasteiger partial charge in [-0.1, -0.05) is 12.1 Å². The molecule has 5 nitrogen and oxygen atoms in total. The summed E-state index contributed by atoms with van der Waals surface area (Å²) in [5.74, 6) is 0.641. The fourth-order valence-corrected chi connectivity index (χ4v) is 2.81. The molecule has 0 spiro atoms. The molecule has 0 unspecified atom stereocenters. The number of benzene rings is 2. The van der Waals surface area contributed by atoms with E-state index in [9.17, 15) is 4.79 Å². The summed E-state index contributed by atoms with van der Waals surface area (Å²) in [6, 6.07) is 13.1. The minimum atomic E-state index is -0.521. The number of carbonyl (C=O) groups excluding carboxylic acids is 1. The van der Waals surface area contributed by atoms with Crippen LogP contribution >= 0.6 is 0 Å². The number of nitrogens with zero attached hydrogens (tertiary/aromatic N) is 2. The lowest BCUT2D eigenvalue weighted by Crippen LogP contribution is -2.40. The Bertz CT molecular complexity index is 963. The molecule has 3 aromatic rings. The number of ether oxygens (including phenoxy) is 1. The molecule has 0 atom stereocenters. The quantitative estimate of drug-likeness (QED) is 0.775. The summed E-state index contributed by atoms with van der Waals surface area (Å²) in [6.45, 7) is 7.79. The highest BCUT2D eigenvalue weighted by molar-refractivity contribution is 5.97. The standard InChI is InChI=1S/C21H23N3O2/c1-13-14(2)23-19-12-15(6-11-18(19)22-13)20(25)24-21(3,4)16-7-9-17(26-5)10-8-16/h6-12H,1-5H3,(H,24,25). The number of hydrogen-bond acceptors (Lipinski definition) is 4. The van der Waals surface area contributed by atoms with E-state index in [-0.39, 0.29) is 5.91 Å². The number of rotatable bonds is 4. The molecule has 134 valence electrons. The van der Waals surface area contributed by atoms with Crippen molar-refractivity contribution in [2.75, 3.05) is 7.11 Å². The van der Waals surface area contributed by atoms with Gasteiger partial charge in [0.25, 0.3) is 5.91 Å². The van der Waals surface area contributed by atoms with Gasteiger partial charge < -0.3 is 10.1 Å². The van der Waals surface area contributed by atoms with Crippen LogP contribution in [0.4, 0.5) is 0 Å². The molecular weight excluding hydrogens is 326 g/mol. The van der Waals surface area contributed by atoms with Gasteiger partial charge in [0, 0.05) is 5.56 Å². The zero-order valence-corrected chi connectivity index (χ0v) is 15.8. The monoisotopic (exact) mass is 349 g/mol. The van der Waals surface area contributed by atoms with E-state index >= 15 is 0 Å². The normalized spacial score (nSPS) is 11.4. The zero-order chi connectivity index (χ0) is 18.9. The predicted octanol–water partition coefficient (Wildman–Crippen LogP) is 3.92. The number of hydrogen-bond donors (Lipinski definition) is 1. The molecule has 0 saturated carbocycles. The van der Waals surface area contributed by atoms with Gasteiger partial charge in [-0.2, -0.15) is 0 Å². The third kappa shape index (κ3) is 3.52. The van der Waals surface area contributed by atoms with Gasteiger partial charge in [-0.3, -0.25) is 4.79 Å². The number of nitrogens with one attached hydrogen (secondary N) is 1. The van der Waals surface area contributed by atoms with Crippen LogP contribution in [0.1, 0.15) is 41.2 Å². The summed E-state index contributed by atoms with van der Waals surface area (Å²) < 4.78 is 5.19. The Morgan fingerprint density at radius 3 is 2.19 bits per heavy atom. The van der Waals surface area contributed by atoms with Gasteiger partial charge in [0.15, 0.2) is 0 Å². The SMILES string of the molecule is COc1ccc(C(C)(C)NC(=O)c2ccc3nc(C)c(C)nc3c2)cc1. The minimum absolute atomic E-state index is 0.146. The summed E-state index contributed by atoms with van der Waals surface area (Å²) in [6.07, 6.45) is 0. The lowest BCUT2D eigenvalue weighted by Gasteiger charge is -2.27. The van der Waals surface area contributed by atoms with Crippen molar-refractivity contribution in [2.45, 2.75) is 33.2 Å². The predicted molar refractivity (Wildman–Crippen MR) is 102 cm³/mol. The Morgan fingerprint density at radius 2 is 1.58 bits per heavy atom. The summed E-state index contributed by atoms with van der Waals surface area (Å²) in [5.41, 5.74) is 4.33. The zero-order valence-electron chi connectivity index (χ0n) is 15.8. The maximum Gasteiger partial charge on any atom is 0.252 e. The molecule has 1 aromatic heterocycles. The molecule has 0 bridgehead atoms. The van der Waals surface area contributed by atoms with E-state index in [0.717, 1.165) is 33.7 Å². The van der Waals surface area contributed by atoms with Crippen LogP contribution in [0.5, 0.6) is 5.75 Å². The van der Waals surface area contributed by atoms with Crippen LogP contribution in [0.2, 0.25) is 0 Å². The highest BCUT2D eigenvalue weighted by atomic mass is 16.5. The Balaban J connectivity index is 1.86. The molecule has 26 heavy (non-hydrogen) atoms. The average molecular weight is 349 g/mol.